The van der Waals surface area contributed by atoms with E-state index in [1.807, 2.05) is 6.92 Å². The van der Waals surface area contributed by atoms with Crippen LogP contribution in [0.15, 0.2) is 22.7 Å². The second-order valence-electron chi connectivity index (χ2n) is 5.61. The predicted molar refractivity (Wildman–Crippen MR) is 85.7 cm³/mol. The molecule has 1 saturated heterocycles. The molecule has 1 aromatic rings. The zero-order valence-corrected chi connectivity index (χ0v) is 13.7. The van der Waals surface area contributed by atoms with Crippen molar-refractivity contribution in [2.45, 2.75) is 32.9 Å². The van der Waals surface area contributed by atoms with Gasteiger partial charge in [-0.2, -0.15) is 0 Å². The van der Waals surface area contributed by atoms with Gasteiger partial charge in [0.15, 0.2) is 0 Å². The maximum Gasteiger partial charge on any atom is 0.0378 e. The molecule has 19 heavy (non-hydrogen) atoms. The van der Waals surface area contributed by atoms with E-state index in [0.717, 1.165) is 30.7 Å². The van der Waals surface area contributed by atoms with Gasteiger partial charge in [0.05, 0.1) is 0 Å². The first kappa shape index (κ1) is 14.8. The Morgan fingerprint density at radius 2 is 1.74 bits per heavy atom. The van der Waals surface area contributed by atoms with Crippen LogP contribution in [-0.2, 0) is 0 Å². The van der Waals surface area contributed by atoms with Crippen molar-refractivity contribution in [2.24, 2.45) is 5.73 Å². The number of nitrogens with zero attached hydrogens (tertiary/aromatic N) is 2. The van der Waals surface area contributed by atoms with Crippen molar-refractivity contribution in [1.29, 1.82) is 0 Å². The minimum Gasteiger partial charge on any atom is -0.369 e. The highest BCUT2D eigenvalue weighted by Crippen LogP contribution is 2.28. The molecule has 0 aliphatic carbocycles. The van der Waals surface area contributed by atoms with Gasteiger partial charge in [-0.1, -0.05) is 22.0 Å². The van der Waals surface area contributed by atoms with E-state index in [0.29, 0.717) is 6.04 Å². The van der Waals surface area contributed by atoms with Crippen LogP contribution in [0.3, 0.4) is 0 Å². The number of hydrogen-bond acceptors (Lipinski definition) is 3. The minimum atomic E-state index is 0.0706. The average Bonchev–Trinajstić information content (AvgIpc) is 2.38. The van der Waals surface area contributed by atoms with E-state index >= 15 is 0 Å². The summed E-state index contributed by atoms with van der Waals surface area (Å²) in [5.41, 5.74) is 8.41. The normalized spacial score (nSPS) is 18.9. The van der Waals surface area contributed by atoms with Gasteiger partial charge in [0.25, 0.3) is 0 Å². The van der Waals surface area contributed by atoms with Gasteiger partial charge in [-0.25, -0.2) is 0 Å². The molecule has 106 valence electrons. The lowest BCUT2D eigenvalue weighted by Gasteiger charge is -2.38. The topological polar surface area (TPSA) is 32.5 Å². The van der Waals surface area contributed by atoms with Crippen LogP contribution in [0, 0.1) is 0 Å². The van der Waals surface area contributed by atoms with E-state index in [1.165, 1.54) is 11.3 Å². The van der Waals surface area contributed by atoms with Crippen molar-refractivity contribution in [3.8, 4) is 0 Å². The zero-order valence-electron chi connectivity index (χ0n) is 12.1. The molecule has 2 N–H and O–H groups in total. The fourth-order valence-electron chi connectivity index (χ4n) is 2.58. The molecule has 0 bridgehead atoms. The molecule has 4 heteroatoms. The molecule has 0 aromatic heterocycles. The van der Waals surface area contributed by atoms with Crippen molar-refractivity contribution < 1.29 is 0 Å². The number of rotatable bonds is 3. The smallest absolute Gasteiger partial charge is 0.0378 e. The van der Waals surface area contributed by atoms with Crippen LogP contribution < -0.4 is 10.6 Å². The van der Waals surface area contributed by atoms with Gasteiger partial charge in [-0.3, -0.25) is 4.90 Å². The number of halogens is 1. The lowest BCUT2D eigenvalue weighted by atomic mass is 10.1. The van der Waals surface area contributed by atoms with E-state index in [9.17, 15) is 0 Å². The fourth-order valence-corrected chi connectivity index (χ4v) is 3.31. The predicted octanol–water partition coefficient (Wildman–Crippen LogP) is 3.00. The highest BCUT2D eigenvalue weighted by molar-refractivity contribution is 9.10. The Hall–Kier alpha value is -0.580. The number of anilines is 1. The first-order valence-electron chi connectivity index (χ1n) is 7.03. The molecule has 0 amide bonds. The van der Waals surface area contributed by atoms with Crippen molar-refractivity contribution >= 4 is 21.6 Å². The summed E-state index contributed by atoms with van der Waals surface area (Å²) in [6.07, 6.45) is 0. The van der Waals surface area contributed by atoms with Gasteiger partial charge < -0.3 is 10.6 Å². The van der Waals surface area contributed by atoms with Crippen molar-refractivity contribution in [2.75, 3.05) is 31.1 Å². The van der Waals surface area contributed by atoms with E-state index in [-0.39, 0.29) is 6.04 Å². The van der Waals surface area contributed by atoms with E-state index < -0.39 is 0 Å². The lowest BCUT2D eigenvalue weighted by molar-refractivity contribution is 0.209. The Balaban J connectivity index is 2.06. The Morgan fingerprint density at radius 1 is 1.11 bits per heavy atom. The van der Waals surface area contributed by atoms with Crippen LogP contribution in [0.25, 0.3) is 0 Å². The van der Waals surface area contributed by atoms with Gasteiger partial charge in [0, 0.05) is 48.4 Å². The quantitative estimate of drug-likeness (QED) is 0.927. The van der Waals surface area contributed by atoms with Crippen LogP contribution in [0.1, 0.15) is 32.4 Å². The minimum absolute atomic E-state index is 0.0706. The molecule has 1 unspecified atom stereocenters. The summed E-state index contributed by atoms with van der Waals surface area (Å²) in [5, 5.41) is 0. The van der Waals surface area contributed by atoms with Gasteiger partial charge in [0.1, 0.15) is 0 Å². The van der Waals surface area contributed by atoms with E-state index in [4.69, 9.17) is 5.73 Å². The van der Waals surface area contributed by atoms with Gasteiger partial charge in [-0.05, 0) is 38.5 Å². The summed E-state index contributed by atoms with van der Waals surface area (Å²) in [4.78, 5) is 4.98. The molecular weight excluding hydrogens is 302 g/mol. The molecule has 0 spiro atoms. The zero-order chi connectivity index (χ0) is 14.0. The first-order valence-corrected chi connectivity index (χ1v) is 7.82. The Labute approximate surface area is 124 Å². The van der Waals surface area contributed by atoms with Gasteiger partial charge in [-0.15, -0.1) is 0 Å². The van der Waals surface area contributed by atoms with E-state index in [1.54, 1.807) is 0 Å². The van der Waals surface area contributed by atoms with Crippen molar-refractivity contribution in [3.05, 3.63) is 28.2 Å². The number of piperazine rings is 1. The van der Waals surface area contributed by atoms with Gasteiger partial charge in [0.2, 0.25) is 0 Å². The molecule has 1 aliphatic heterocycles. The second-order valence-corrected chi connectivity index (χ2v) is 6.47. The molecule has 0 saturated carbocycles. The largest absolute Gasteiger partial charge is 0.369 e. The second kappa shape index (κ2) is 6.25. The standard InChI is InChI=1S/C15H24BrN3/c1-11(2)18-6-8-19(9-7-18)13-4-5-14(12(3)17)15(16)10-13/h4-5,10-12H,6-9,17H2,1-3H3. The third kappa shape index (κ3) is 3.50. The van der Waals surface area contributed by atoms with Crippen LogP contribution in [-0.4, -0.2) is 37.1 Å². The molecule has 1 heterocycles. The summed E-state index contributed by atoms with van der Waals surface area (Å²) in [6, 6.07) is 7.24. The number of nitrogens with two attached hydrogens (primary N) is 1. The Morgan fingerprint density at radius 3 is 2.21 bits per heavy atom. The molecule has 1 aliphatic rings. The summed E-state index contributed by atoms with van der Waals surface area (Å²) in [7, 11) is 0. The Bertz CT molecular complexity index is 423. The highest BCUT2D eigenvalue weighted by atomic mass is 79.9. The maximum absolute atomic E-state index is 5.94. The van der Waals surface area contributed by atoms with Crippen LogP contribution in [0.4, 0.5) is 5.69 Å². The third-order valence-corrected chi connectivity index (χ3v) is 4.57. The summed E-state index contributed by atoms with van der Waals surface area (Å²) < 4.78 is 1.12. The molecule has 0 radical (unpaired) electrons. The van der Waals surface area contributed by atoms with E-state index in [2.05, 4.69) is 57.8 Å². The summed E-state index contributed by atoms with van der Waals surface area (Å²) in [5.74, 6) is 0. The summed E-state index contributed by atoms with van der Waals surface area (Å²) >= 11 is 3.63. The third-order valence-electron chi connectivity index (χ3n) is 3.88. The molecule has 1 aromatic carbocycles. The molecule has 1 fully saturated rings. The first-order chi connectivity index (χ1) is 8.99. The fraction of sp³-hybridized carbons (Fsp3) is 0.600. The average molecular weight is 326 g/mol. The highest BCUT2D eigenvalue weighted by Gasteiger charge is 2.19. The lowest BCUT2D eigenvalue weighted by Crippen LogP contribution is -2.48. The number of benzene rings is 1. The van der Waals surface area contributed by atoms with Crippen LogP contribution in [0.5, 0.6) is 0 Å². The Kier molecular flexibility index (Phi) is 4.87. The van der Waals surface area contributed by atoms with Crippen LogP contribution >= 0.6 is 15.9 Å². The SMILES string of the molecule is CC(N)c1ccc(N2CCN(C(C)C)CC2)cc1Br. The summed E-state index contributed by atoms with van der Waals surface area (Å²) in [6.45, 7) is 11.0. The number of hydrogen-bond donors (Lipinski definition) is 1. The maximum atomic E-state index is 5.94. The van der Waals surface area contributed by atoms with Crippen LogP contribution in [0.2, 0.25) is 0 Å². The molecular formula is C15H24BrN3. The van der Waals surface area contributed by atoms with Crippen molar-refractivity contribution in [1.82, 2.24) is 4.90 Å². The van der Waals surface area contributed by atoms with Crippen molar-refractivity contribution in [3.63, 3.8) is 0 Å². The monoisotopic (exact) mass is 325 g/mol. The van der Waals surface area contributed by atoms with Gasteiger partial charge >= 0.3 is 0 Å². The molecule has 1 atom stereocenters. The molecule has 3 nitrogen and oxygen atoms in total. The molecule has 2 rings (SSSR count).